The second-order valence-corrected chi connectivity index (χ2v) is 7.97. The number of halogens is 3. The van der Waals surface area contributed by atoms with Crippen LogP contribution in [-0.4, -0.2) is 50.8 Å². The van der Waals surface area contributed by atoms with Crippen molar-refractivity contribution in [1.82, 2.24) is 15.3 Å². The van der Waals surface area contributed by atoms with Crippen molar-refractivity contribution in [1.29, 1.82) is 0 Å². The van der Waals surface area contributed by atoms with Gasteiger partial charge in [0.25, 0.3) is 5.16 Å². The molecule has 1 fully saturated rings. The highest BCUT2D eigenvalue weighted by Gasteiger charge is 2.19. The fourth-order valence-corrected chi connectivity index (χ4v) is 3.12. The molecule has 142 valence electrons. The van der Waals surface area contributed by atoms with Crippen LogP contribution in [0.1, 0.15) is 0 Å². The molecule has 0 radical (unpaired) electrons. The molecule has 1 aliphatic heterocycles. The van der Waals surface area contributed by atoms with Gasteiger partial charge in [0.15, 0.2) is 0 Å². The van der Waals surface area contributed by atoms with Crippen molar-refractivity contribution in [2.75, 3.05) is 42.7 Å². The molecule has 0 unspecified atom stereocenters. The Morgan fingerprint density at radius 2 is 1.92 bits per heavy atom. The maximum Gasteiger partial charge on any atom is 0.250 e. The zero-order valence-corrected chi connectivity index (χ0v) is 16.3. The van der Waals surface area contributed by atoms with Gasteiger partial charge < -0.3 is 15.5 Å². The second kappa shape index (κ2) is 8.34. The van der Waals surface area contributed by atoms with Crippen LogP contribution in [0.4, 0.5) is 21.7 Å². The number of rotatable bonds is 4. The molecule has 1 aromatic carbocycles. The maximum absolute atomic E-state index is 13.3. The van der Waals surface area contributed by atoms with Gasteiger partial charge in [-0.15, -0.1) is 12.4 Å². The van der Waals surface area contributed by atoms with Gasteiger partial charge in [0, 0.05) is 44.2 Å². The van der Waals surface area contributed by atoms with Gasteiger partial charge in [-0.1, -0.05) is 11.6 Å². The monoisotopic (exact) mass is 421 g/mol. The van der Waals surface area contributed by atoms with E-state index in [0.717, 1.165) is 19.3 Å². The molecule has 2 heterocycles. The first-order valence-electron chi connectivity index (χ1n) is 7.60. The summed E-state index contributed by atoms with van der Waals surface area (Å²) in [6.07, 6.45) is 1.06. The van der Waals surface area contributed by atoms with Gasteiger partial charge in [-0.2, -0.15) is 0 Å². The SMILES string of the molecule is CS(=O)(=O)c1nc(Nc2ccc(F)c(Cl)c2)cc(N2CCNCC2)n1.Cl. The Hall–Kier alpha value is -1.68. The fraction of sp³-hybridized carbons (Fsp3) is 0.333. The van der Waals surface area contributed by atoms with Crippen LogP contribution in [0.2, 0.25) is 5.02 Å². The Morgan fingerprint density at radius 1 is 1.23 bits per heavy atom. The first kappa shape index (κ1) is 20.6. The van der Waals surface area contributed by atoms with Crippen LogP contribution >= 0.6 is 24.0 Å². The fourth-order valence-electron chi connectivity index (χ4n) is 2.42. The quantitative estimate of drug-likeness (QED) is 0.731. The predicted molar refractivity (Wildman–Crippen MR) is 102 cm³/mol. The molecule has 0 bridgehead atoms. The number of benzene rings is 1. The number of nitrogens with zero attached hydrogens (tertiary/aromatic N) is 3. The number of piperazine rings is 1. The number of hydrogen-bond donors (Lipinski definition) is 2. The smallest absolute Gasteiger partial charge is 0.250 e. The maximum atomic E-state index is 13.3. The lowest BCUT2D eigenvalue weighted by molar-refractivity contribution is 0.577. The van der Waals surface area contributed by atoms with Gasteiger partial charge in [0.2, 0.25) is 9.84 Å². The summed E-state index contributed by atoms with van der Waals surface area (Å²) < 4.78 is 37.1. The molecule has 7 nitrogen and oxygen atoms in total. The summed E-state index contributed by atoms with van der Waals surface area (Å²) in [7, 11) is -3.58. The lowest BCUT2D eigenvalue weighted by atomic mass is 10.3. The van der Waals surface area contributed by atoms with E-state index >= 15 is 0 Å². The van der Waals surface area contributed by atoms with Crippen molar-refractivity contribution in [3.8, 4) is 0 Å². The van der Waals surface area contributed by atoms with Crippen molar-refractivity contribution in [3.63, 3.8) is 0 Å². The standard InChI is InChI=1S/C15H17ClFN5O2S.ClH/c1-25(23,24)15-20-13(19-10-2-3-12(17)11(16)8-10)9-14(21-15)22-6-4-18-5-7-22;/h2-3,8-9,18H,4-7H2,1H3,(H,19,20,21);1H. The summed E-state index contributed by atoms with van der Waals surface area (Å²) >= 11 is 5.78. The van der Waals surface area contributed by atoms with Crippen molar-refractivity contribution >= 4 is 51.2 Å². The zero-order chi connectivity index (χ0) is 18.0. The first-order valence-corrected chi connectivity index (χ1v) is 9.87. The molecule has 11 heteroatoms. The Morgan fingerprint density at radius 3 is 2.54 bits per heavy atom. The molecule has 26 heavy (non-hydrogen) atoms. The lowest BCUT2D eigenvalue weighted by Crippen LogP contribution is -2.44. The van der Waals surface area contributed by atoms with Crippen LogP contribution in [0.5, 0.6) is 0 Å². The van der Waals surface area contributed by atoms with Crippen molar-refractivity contribution in [2.24, 2.45) is 0 Å². The highest BCUT2D eigenvalue weighted by molar-refractivity contribution is 7.90. The molecule has 1 aliphatic rings. The third-order valence-electron chi connectivity index (χ3n) is 3.66. The molecule has 0 spiro atoms. The predicted octanol–water partition coefficient (Wildman–Crippen LogP) is 2.25. The minimum absolute atomic E-state index is 0. The highest BCUT2D eigenvalue weighted by atomic mass is 35.5. The molecular formula is C15H18Cl2FN5O2S. The van der Waals surface area contributed by atoms with E-state index in [1.807, 2.05) is 4.90 Å². The average molecular weight is 422 g/mol. The van der Waals surface area contributed by atoms with Crippen LogP contribution in [0.3, 0.4) is 0 Å². The van der Waals surface area contributed by atoms with E-state index in [9.17, 15) is 12.8 Å². The molecule has 0 atom stereocenters. The molecule has 3 rings (SSSR count). The van der Waals surface area contributed by atoms with Crippen LogP contribution in [0.15, 0.2) is 29.4 Å². The zero-order valence-electron chi connectivity index (χ0n) is 13.9. The summed E-state index contributed by atoms with van der Waals surface area (Å²) in [4.78, 5) is 10.2. The summed E-state index contributed by atoms with van der Waals surface area (Å²) in [6, 6.07) is 5.79. The number of aromatic nitrogens is 2. The van der Waals surface area contributed by atoms with E-state index in [2.05, 4.69) is 20.6 Å². The molecule has 0 amide bonds. The number of sulfone groups is 1. The van der Waals surface area contributed by atoms with Crippen molar-refractivity contribution in [3.05, 3.63) is 35.1 Å². The second-order valence-electron chi connectivity index (χ2n) is 5.66. The third kappa shape index (κ3) is 4.94. The Kier molecular flexibility index (Phi) is 6.62. The summed E-state index contributed by atoms with van der Waals surface area (Å²) in [5.74, 6) is 0.285. The third-order valence-corrected chi connectivity index (χ3v) is 4.79. The largest absolute Gasteiger partial charge is 0.354 e. The van der Waals surface area contributed by atoms with E-state index in [-0.39, 0.29) is 22.6 Å². The molecule has 2 aromatic rings. The van der Waals surface area contributed by atoms with Gasteiger partial charge in [0.1, 0.15) is 17.5 Å². The van der Waals surface area contributed by atoms with Crippen LogP contribution < -0.4 is 15.5 Å². The summed E-state index contributed by atoms with van der Waals surface area (Å²) in [6.45, 7) is 2.99. The van der Waals surface area contributed by atoms with Crippen LogP contribution in [0, 0.1) is 5.82 Å². The summed E-state index contributed by atoms with van der Waals surface area (Å²) in [5.41, 5.74) is 0.496. The van der Waals surface area contributed by atoms with Crippen molar-refractivity contribution in [2.45, 2.75) is 5.16 Å². The van der Waals surface area contributed by atoms with Gasteiger partial charge in [-0.05, 0) is 18.2 Å². The van der Waals surface area contributed by atoms with Crippen LogP contribution in [-0.2, 0) is 9.84 Å². The Bertz CT molecular complexity index is 892. The van der Waals surface area contributed by atoms with E-state index in [4.69, 9.17) is 11.6 Å². The molecule has 1 saturated heterocycles. The van der Waals surface area contributed by atoms with Gasteiger partial charge in [0.05, 0.1) is 5.02 Å². The number of hydrogen-bond acceptors (Lipinski definition) is 7. The van der Waals surface area contributed by atoms with E-state index < -0.39 is 15.7 Å². The number of anilines is 3. The van der Waals surface area contributed by atoms with E-state index in [1.165, 1.54) is 18.2 Å². The van der Waals surface area contributed by atoms with E-state index in [1.54, 1.807) is 6.07 Å². The Labute approximate surface area is 162 Å². The highest BCUT2D eigenvalue weighted by Crippen LogP contribution is 2.25. The van der Waals surface area contributed by atoms with Gasteiger partial charge in [-0.25, -0.2) is 22.8 Å². The molecule has 1 aromatic heterocycles. The molecule has 0 saturated carbocycles. The first-order chi connectivity index (χ1) is 11.8. The molecule has 0 aliphatic carbocycles. The number of nitrogens with one attached hydrogen (secondary N) is 2. The van der Waals surface area contributed by atoms with Gasteiger partial charge in [-0.3, -0.25) is 0 Å². The molecular weight excluding hydrogens is 404 g/mol. The lowest BCUT2D eigenvalue weighted by Gasteiger charge is -2.28. The molecule has 2 N–H and O–H groups in total. The van der Waals surface area contributed by atoms with Crippen LogP contribution in [0.25, 0.3) is 0 Å². The summed E-state index contributed by atoms with van der Waals surface area (Å²) in [5, 5.41) is 5.88. The van der Waals surface area contributed by atoms with Gasteiger partial charge >= 0.3 is 0 Å². The minimum atomic E-state index is -3.58. The normalized spacial score (nSPS) is 14.7. The van der Waals surface area contributed by atoms with E-state index in [0.29, 0.717) is 30.4 Å². The average Bonchev–Trinajstić information content (AvgIpc) is 2.58. The topological polar surface area (TPSA) is 87.2 Å². The Balaban J connectivity index is 0.00000243. The van der Waals surface area contributed by atoms with Crippen molar-refractivity contribution < 1.29 is 12.8 Å². The minimum Gasteiger partial charge on any atom is -0.354 e.